The zero-order chi connectivity index (χ0) is 25.5. The number of nitrogen functional groups attached to an aromatic ring is 1. The second kappa shape index (κ2) is 15.7. The molecule has 3 N–H and O–H groups in total. The number of alkyl halides is 2. The van der Waals surface area contributed by atoms with Crippen LogP contribution in [0.3, 0.4) is 0 Å². The van der Waals surface area contributed by atoms with Crippen molar-refractivity contribution in [1.29, 1.82) is 0 Å². The highest BCUT2D eigenvalue weighted by molar-refractivity contribution is 8.00. The zero-order valence-corrected chi connectivity index (χ0v) is 22.9. The fraction of sp³-hybridized carbons (Fsp3) is 0.0769. The molecule has 0 fully saturated rings. The van der Waals surface area contributed by atoms with E-state index in [1.54, 1.807) is 17.8 Å². The van der Waals surface area contributed by atoms with Crippen molar-refractivity contribution >= 4 is 68.1 Å². The van der Waals surface area contributed by atoms with Crippen molar-refractivity contribution in [2.75, 3.05) is 22.1 Å². The van der Waals surface area contributed by atoms with E-state index in [0.29, 0.717) is 5.69 Å². The molecule has 0 spiro atoms. The summed E-state index contributed by atoms with van der Waals surface area (Å²) in [6, 6.07) is 35.3. The molecule has 0 heterocycles. The van der Waals surface area contributed by atoms with E-state index in [0.717, 1.165) is 26.6 Å². The maximum absolute atomic E-state index is 11.3. The number of nitrogens with one attached hydrogen (secondary N) is 1. The van der Waals surface area contributed by atoms with Gasteiger partial charge in [-0.15, -0.1) is 23.2 Å². The summed E-state index contributed by atoms with van der Waals surface area (Å²) in [6.45, 7) is 0. The van der Waals surface area contributed by atoms with Crippen molar-refractivity contribution in [2.45, 2.75) is 19.6 Å². The molecule has 0 aromatic heterocycles. The second-order valence-corrected chi connectivity index (χ2v) is 11.6. The van der Waals surface area contributed by atoms with Gasteiger partial charge in [0.05, 0.1) is 17.3 Å². The number of hydrogen-bond acceptors (Lipinski definition) is 5. The summed E-state index contributed by atoms with van der Waals surface area (Å²) < 4.78 is 25.1. The molecule has 4 rings (SSSR count). The molecular weight excluding hydrogens is 539 g/mol. The molecule has 184 valence electrons. The van der Waals surface area contributed by atoms with Gasteiger partial charge in [-0.25, -0.2) is 8.42 Å². The van der Waals surface area contributed by atoms with Crippen LogP contribution in [0.4, 0.5) is 11.4 Å². The van der Waals surface area contributed by atoms with E-state index >= 15 is 0 Å². The summed E-state index contributed by atoms with van der Waals surface area (Å²) >= 11 is 12.7. The molecule has 4 nitrogen and oxygen atoms in total. The number of rotatable bonds is 6. The van der Waals surface area contributed by atoms with Gasteiger partial charge in [-0.1, -0.05) is 84.2 Å². The van der Waals surface area contributed by atoms with Crippen LogP contribution >= 0.6 is 46.7 Å². The maximum Gasteiger partial charge on any atom is 0.229 e. The largest absolute Gasteiger partial charge is 0.398 e. The first-order chi connectivity index (χ1) is 16.8. The normalized spacial score (nSPS) is 10.3. The Morgan fingerprint density at radius 2 is 1.09 bits per heavy atom. The van der Waals surface area contributed by atoms with Gasteiger partial charge in [0.2, 0.25) is 10.0 Å². The van der Waals surface area contributed by atoms with E-state index in [1.165, 1.54) is 16.7 Å². The number of halogens is 2. The van der Waals surface area contributed by atoms with Crippen LogP contribution in [0, 0.1) is 0 Å². The number of anilines is 2. The van der Waals surface area contributed by atoms with Crippen LogP contribution in [0.15, 0.2) is 129 Å². The minimum Gasteiger partial charge on any atom is -0.398 e. The molecule has 4 aromatic carbocycles. The number of benzene rings is 4. The Morgan fingerprint density at radius 1 is 0.686 bits per heavy atom. The summed E-state index contributed by atoms with van der Waals surface area (Å²) in [5.74, 6) is 0. The zero-order valence-electron chi connectivity index (χ0n) is 19.0. The van der Waals surface area contributed by atoms with Gasteiger partial charge in [0, 0.05) is 25.3 Å². The lowest BCUT2D eigenvalue weighted by molar-refractivity contribution is 0.606. The molecule has 9 heteroatoms. The Labute approximate surface area is 226 Å². The first-order valence-corrected chi connectivity index (χ1v) is 14.9. The van der Waals surface area contributed by atoms with Gasteiger partial charge in [0.1, 0.15) is 0 Å². The minimum atomic E-state index is -3.26. The van der Waals surface area contributed by atoms with E-state index in [2.05, 4.69) is 16.9 Å². The fourth-order valence-corrected chi connectivity index (χ4v) is 5.09. The van der Waals surface area contributed by atoms with Crippen LogP contribution in [-0.2, 0) is 10.0 Å². The van der Waals surface area contributed by atoms with Crippen LogP contribution < -0.4 is 10.5 Å². The van der Waals surface area contributed by atoms with Crippen LogP contribution in [0.2, 0.25) is 0 Å². The van der Waals surface area contributed by atoms with Gasteiger partial charge in [-0.3, -0.25) is 4.72 Å². The molecule has 0 saturated carbocycles. The smallest absolute Gasteiger partial charge is 0.229 e. The van der Waals surface area contributed by atoms with Crippen molar-refractivity contribution in [2.24, 2.45) is 0 Å². The molecule has 0 atom stereocenters. The Balaban J connectivity index is 0.000000227. The summed E-state index contributed by atoms with van der Waals surface area (Å²) in [5.41, 5.74) is 7.29. The van der Waals surface area contributed by atoms with Crippen molar-refractivity contribution < 1.29 is 8.42 Å². The quantitative estimate of drug-likeness (QED) is 0.183. The van der Waals surface area contributed by atoms with Gasteiger partial charge < -0.3 is 5.73 Å². The monoisotopic (exact) mass is 564 g/mol. The molecule has 0 unspecified atom stereocenters. The lowest BCUT2D eigenvalue weighted by Crippen LogP contribution is -2.10. The highest BCUT2D eigenvalue weighted by Crippen LogP contribution is 2.33. The first-order valence-electron chi connectivity index (χ1n) is 10.3. The topological polar surface area (TPSA) is 72.2 Å². The van der Waals surface area contributed by atoms with Crippen molar-refractivity contribution in [3.05, 3.63) is 109 Å². The summed E-state index contributed by atoms with van der Waals surface area (Å²) in [7, 11) is -3.26. The summed E-state index contributed by atoms with van der Waals surface area (Å²) in [5, 5.41) is 0.194. The van der Waals surface area contributed by atoms with Gasteiger partial charge >= 0.3 is 0 Å². The minimum absolute atomic E-state index is 0.194. The number of para-hydroxylation sites is 2. The van der Waals surface area contributed by atoms with Crippen LogP contribution in [0.5, 0.6) is 0 Å². The second-order valence-electron chi connectivity index (χ2n) is 6.84. The van der Waals surface area contributed by atoms with E-state index in [9.17, 15) is 8.42 Å². The highest BCUT2D eigenvalue weighted by atomic mass is 35.5. The van der Waals surface area contributed by atoms with E-state index in [1.807, 2.05) is 91.0 Å². The third-order valence-electron chi connectivity index (χ3n) is 4.04. The Hall–Kier alpha value is -2.29. The molecule has 0 saturated heterocycles. The Kier molecular flexibility index (Phi) is 12.9. The van der Waals surface area contributed by atoms with Crippen molar-refractivity contribution in [3.8, 4) is 0 Å². The number of nitrogens with two attached hydrogens (primary N) is 1. The van der Waals surface area contributed by atoms with Crippen LogP contribution in [0.1, 0.15) is 0 Å². The molecule has 0 aliphatic rings. The third-order valence-corrected chi connectivity index (χ3v) is 6.82. The summed E-state index contributed by atoms with van der Waals surface area (Å²) in [6.07, 6.45) is 1.15. The Bertz CT molecular complexity index is 1260. The standard InChI is InChI=1S/C13H13NO2S2.C12H11NS.CH2Cl2/c1-18(15,16)14-12-9-5-6-10-13(12)17-11-7-3-2-4-8-11;13-11-8-4-5-9-12(11)14-10-6-2-1-3-7-10;2-1-3/h2-10,14H,1H3;1-9H,13H2;1H2. The lowest BCUT2D eigenvalue weighted by Gasteiger charge is -2.09. The average molecular weight is 566 g/mol. The number of hydrogen-bond donors (Lipinski definition) is 2. The van der Waals surface area contributed by atoms with Gasteiger partial charge in [0.25, 0.3) is 0 Å². The molecule has 4 aromatic rings. The molecule has 35 heavy (non-hydrogen) atoms. The first kappa shape index (κ1) is 28.9. The van der Waals surface area contributed by atoms with Crippen LogP contribution in [0.25, 0.3) is 0 Å². The van der Waals surface area contributed by atoms with Crippen LogP contribution in [-0.4, -0.2) is 20.0 Å². The molecule has 0 bridgehead atoms. The maximum atomic E-state index is 11.3. The molecule has 0 aliphatic heterocycles. The SMILES string of the molecule is CS(=O)(=O)Nc1ccccc1Sc1ccccc1.ClCCl.Nc1ccccc1Sc1ccccc1. The molecule has 0 aliphatic carbocycles. The predicted molar refractivity (Wildman–Crippen MR) is 153 cm³/mol. The van der Waals surface area contributed by atoms with E-state index < -0.39 is 10.0 Å². The fourth-order valence-electron chi connectivity index (χ4n) is 2.64. The predicted octanol–water partition coefficient (Wildman–Crippen LogP) is 8.05. The highest BCUT2D eigenvalue weighted by Gasteiger charge is 2.07. The molecular formula is C26H26Cl2N2O2S3. The number of sulfonamides is 1. The van der Waals surface area contributed by atoms with Gasteiger partial charge in [-0.05, 0) is 48.5 Å². The lowest BCUT2D eigenvalue weighted by atomic mass is 10.3. The van der Waals surface area contributed by atoms with E-state index in [4.69, 9.17) is 28.9 Å². The average Bonchev–Trinajstić information content (AvgIpc) is 2.83. The molecule has 0 radical (unpaired) electrons. The molecule has 0 amide bonds. The van der Waals surface area contributed by atoms with Gasteiger partial charge in [-0.2, -0.15) is 0 Å². The third kappa shape index (κ3) is 11.8. The van der Waals surface area contributed by atoms with Crippen molar-refractivity contribution in [1.82, 2.24) is 0 Å². The summed E-state index contributed by atoms with van der Waals surface area (Å²) in [4.78, 5) is 4.28. The van der Waals surface area contributed by atoms with Crippen molar-refractivity contribution in [3.63, 3.8) is 0 Å². The Morgan fingerprint density at radius 3 is 1.57 bits per heavy atom. The van der Waals surface area contributed by atoms with E-state index in [-0.39, 0.29) is 5.34 Å². The van der Waals surface area contributed by atoms with Gasteiger partial charge in [0.15, 0.2) is 0 Å².